The molecule has 0 bridgehead atoms. The summed E-state index contributed by atoms with van der Waals surface area (Å²) in [7, 11) is 0. The van der Waals surface area contributed by atoms with Crippen molar-refractivity contribution in [2.75, 3.05) is 5.32 Å². The molecule has 0 aromatic heterocycles. The molecule has 1 fully saturated rings. The zero-order chi connectivity index (χ0) is 14.9. The van der Waals surface area contributed by atoms with Crippen molar-refractivity contribution < 1.29 is 14.7 Å². The molecule has 1 aliphatic carbocycles. The SMILES string of the molecule is CC(NC(=O)Nc1c(Cl)cc(C(=O)O)cc1Cl)C1CC1. The molecule has 2 amide bonds. The Balaban J connectivity index is 2.08. The molecule has 108 valence electrons. The zero-order valence-electron chi connectivity index (χ0n) is 10.7. The maximum Gasteiger partial charge on any atom is 0.335 e. The number of nitrogens with one attached hydrogen (secondary N) is 2. The number of halogens is 2. The van der Waals surface area contributed by atoms with Gasteiger partial charge in [-0.15, -0.1) is 0 Å². The first-order valence-corrected chi connectivity index (χ1v) is 6.94. The molecule has 1 aromatic carbocycles. The number of rotatable bonds is 4. The maximum absolute atomic E-state index is 11.8. The van der Waals surface area contributed by atoms with E-state index in [9.17, 15) is 9.59 Å². The van der Waals surface area contributed by atoms with Crippen molar-refractivity contribution in [2.45, 2.75) is 25.8 Å². The molecule has 0 spiro atoms. The molecular formula is C13H14Cl2N2O3. The summed E-state index contributed by atoms with van der Waals surface area (Å²) >= 11 is 11.9. The van der Waals surface area contributed by atoms with Crippen molar-refractivity contribution in [3.05, 3.63) is 27.7 Å². The van der Waals surface area contributed by atoms with Gasteiger partial charge in [0.25, 0.3) is 0 Å². The number of carbonyl (C=O) groups excluding carboxylic acids is 1. The lowest BCUT2D eigenvalue weighted by Crippen LogP contribution is -2.37. The normalized spacial score (nSPS) is 15.6. The van der Waals surface area contributed by atoms with E-state index >= 15 is 0 Å². The maximum atomic E-state index is 11.8. The lowest BCUT2D eigenvalue weighted by Gasteiger charge is -2.15. The quantitative estimate of drug-likeness (QED) is 0.794. The summed E-state index contributed by atoms with van der Waals surface area (Å²) in [5.74, 6) is -0.603. The first-order valence-electron chi connectivity index (χ1n) is 6.18. The molecule has 5 nitrogen and oxygen atoms in total. The number of hydrogen-bond acceptors (Lipinski definition) is 2. The Morgan fingerprint density at radius 1 is 1.30 bits per heavy atom. The molecule has 0 heterocycles. The van der Waals surface area contributed by atoms with E-state index in [0.29, 0.717) is 5.92 Å². The summed E-state index contributed by atoms with van der Waals surface area (Å²) in [5.41, 5.74) is 0.177. The van der Waals surface area contributed by atoms with Crippen LogP contribution in [0.25, 0.3) is 0 Å². The smallest absolute Gasteiger partial charge is 0.335 e. The Bertz CT molecular complexity index is 536. The second-order valence-corrected chi connectivity index (χ2v) is 5.66. The minimum absolute atomic E-state index is 0.0303. The van der Waals surface area contributed by atoms with Crippen LogP contribution in [0.15, 0.2) is 12.1 Å². The first kappa shape index (κ1) is 14.9. The number of carboxylic acids is 1. The molecule has 1 saturated carbocycles. The monoisotopic (exact) mass is 316 g/mol. The largest absolute Gasteiger partial charge is 0.478 e. The lowest BCUT2D eigenvalue weighted by molar-refractivity contribution is 0.0697. The summed E-state index contributed by atoms with van der Waals surface area (Å²) < 4.78 is 0. The van der Waals surface area contributed by atoms with E-state index in [-0.39, 0.29) is 27.3 Å². The second-order valence-electron chi connectivity index (χ2n) is 4.84. The van der Waals surface area contributed by atoms with Crippen molar-refractivity contribution in [3.8, 4) is 0 Å². The van der Waals surface area contributed by atoms with Crippen molar-refractivity contribution in [1.82, 2.24) is 5.32 Å². The van der Waals surface area contributed by atoms with Crippen molar-refractivity contribution in [3.63, 3.8) is 0 Å². The minimum Gasteiger partial charge on any atom is -0.478 e. The van der Waals surface area contributed by atoms with Gasteiger partial charge >= 0.3 is 12.0 Å². The van der Waals surface area contributed by atoms with E-state index in [2.05, 4.69) is 10.6 Å². The van der Waals surface area contributed by atoms with Crippen LogP contribution in [0.1, 0.15) is 30.1 Å². The number of carbonyl (C=O) groups is 2. The Labute approximate surface area is 126 Å². The van der Waals surface area contributed by atoms with E-state index in [1.165, 1.54) is 12.1 Å². The van der Waals surface area contributed by atoms with Gasteiger partial charge in [-0.3, -0.25) is 0 Å². The van der Waals surface area contributed by atoms with Crippen LogP contribution < -0.4 is 10.6 Å². The highest BCUT2D eigenvalue weighted by molar-refractivity contribution is 6.40. The predicted molar refractivity (Wildman–Crippen MR) is 77.8 cm³/mol. The van der Waals surface area contributed by atoms with Crippen LogP contribution in [0.5, 0.6) is 0 Å². The summed E-state index contributed by atoms with van der Waals surface area (Å²) in [6.07, 6.45) is 2.24. The lowest BCUT2D eigenvalue weighted by atomic mass is 10.2. The first-order chi connectivity index (χ1) is 9.38. The molecule has 1 aliphatic rings. The molecule has 1 aromatic rings. The number of hydrogen-bond donors (Lipinski definition) is 3. The van der Waals surface area contributed by atoms with Gasteiger partial charge < -0.3 is 15.7 Å². The van der Waals surface area contributed by atoms with Gasteiger partial charge in [-0.25, -0.2) is 9.59 Å². The summed E-state index contributed by atoms with van der Waals surface area (Å²) in [6.45, 7) is 1.94. The Morgan fingerprint density at radius 3 is 2.30 bits per heavy atom. The van der Waals surface area contributed by atoms with Crippen LogP contribution in [0.2, 0.25) is 10.0 Å². The van der Waals surface area contributed by atoms with E-state index < -0.39 is 12.0 Å². The number of benzene rings is 1. The molecule has 1 atom stereocenters. The van der Waals surface area contributed by atoms with Gasteiger partial charge in [0.1, 0.15) is 0 Å². The van der Waals surface area contributed by atoms with Gasteiger partial charge in [-0.05, 0) is 37.8 Å². The summed E-state index contributed by atoms with van der Waals surface area (Å²) in [4.78, 5) is 22.7. The molecule has 0 aliphatic heterocycles. The molecule has 0 radical (unpaired) electrons. The molecule has 0 saturated heterocycles. The highest BCUT2D eigenvalue weighted by Crippen LogP contribution is 2.33. The van der Waals surface area contributed by atoms with E-state index in [1.807, 2.05) is 6.92 Å². The molecule has 2 rings (SSSR count). The van der Waals surface area contributed by atoms with Gasteiger partial charge in [-0.1, -0.05) is 23.2 Å². The van der Waals surface area contributed by atoms with E-state index in [1.54, 1.807) is 0 Å². The standard InChI is InChI=1S/C13H14Cl2N2O3/c1-6(7-2-3-7)16-13(20)17-11-9(14)4-8(12(18)19)5-10(11)15/h4-7H,2-3H2,1H3,(H,18,19)(H2,16,17,20). The minimum atomic E-state index is -1.13. The third kappa shape index (κ3) is 3.55. The highest BCUT2D eigenvalue weighted by atomic mass is 35.5. The van der Waals surface area contributed by atoms with Crippen LogP contribution >= 0.6 is 23.2 Å². The fourth-order valence-corrected chi connectivity index (χ4v) is 2.47. The molecule has 7 heteroatoms. The highest BCUT2D eigenvalue weighted by Gasteiger charge is 2.29. The van der Waals surface area contributed by atoms with Crippen LogP contribution in [0.3, 0.4) is 0 Å². The molecule has 20 heavy (non-hydrogen) atoms. The fourth-order valence-electron chi connectivity index (χ4n) is 1.89. The molecule has 1 unspecified atom stereocenters. The third-order valence-electron chi connectivity index (χ3n) is 3.22. The Hall–Kier alpha value is -1.46. The van der Waals surface area contributed by atoms with Crippen LogP contribution in [-0.2, 0) is 0 Å². The number of urea groups is 1. The van der Waals surface area contributed by atoms with Crippen LogP contribution in [0, 0.1) is 5.92 Å². The van der Waals surface area contributed by atoms with Gasteiger partial charge in [0, 0.05) is 6.04 Å². The second kappa shape index (κ2) is 5.89. The van der Waals surface area contributed by atoms with Crippen molar-refractivity contribution >= 4 is 40.9 Å². The van der Waals surface area contributed by atoms with Gasteiger partial charge in [0.2, 0.25) is 0 Å². The van der Waals surface area contributed by atoms with Gasteiger partial charge in [0.15, 0.2) is 0 Å². The average molecular weight is 317 g/mol. The van der Waals surface area contributed by atoms with E-state index in [0.717, 1.165) is 12.8 Å². The number of aromatic carboxylic acids is 1. The van der Waals surface area contributed by atoms with Crippen molar-refractivity contribution in [1.29, 1.82) is 0 Å². The van der Waals surface area contributed by atoms with Gasteiger partial charge in [0.05, 0.1) is 21.3 Å². The summed E-state index contributed by atoms with van der Waals surface area (Å²) in [6, 6.07) is 2.17. The van der Waals surface area contributed by atoms with E-state index in [4.69, 9.17) is 28.3 Å². The topological polar surface area (TPSA) is 78.4 Å². The third-order valence-corrected chi connectivity index (χ3v) is 3.81. The number of amides is 2. The fraction of sp³-hybridized carbons (Fsp3) is 0.385. The summed E-state index contributed by atoms with van der Waals surface area (Å²) in [5, 5.41) is 14.4. The number of anilines is 1. The molecule has 3 N–H and O–H groups in total. The molecular weight excluding hydrogens is 303 g/mol. The Kier molecular flexibility index (Phi) is 4.40. The average Bonchev–Trinajstić information content (AvgIpc) is 3.17. The van der Waals surface area contributed by atoms with Crippen molar-refractivity contribution in [2.24, 2.45) is 5.92 Å². The van der Waals surface area contributed by atoms with Crippen LogP contribution in [-0.4, -0.2) is 23.1 Å². The van der Waals surface area contributed by atoms with Crippen LogP contribution in [0.4, 0.5) is 10.5 Å². The number of carboxylic acid groups (broad SMARTS) is 1. The Morgan fingerprint density at radius 2 is 1.85 bits per heavy atom. The predicted octanol–water partition coefficient (Wildman–Crippen LogP) is 3.61. The zero-order valence-corrected chi connectivity index (χ0v) is 12.3. The van der Waals surface area contributed by atoms with Gasteiger partial charge in [-0.2, -0.15) is 0 Å².